The third-order valence-electron chi connectivity index (χ3n) is 4.13. The number of alkyl halides is 3. The average Bonchev–Trinajstić information content (AvgIpc) is 3.04. The summed E-state index contributed by atoms with van der Waals surface area (Å²) in [6, 6.07) is 6.57. The molecule has 0 unspecified atom stereocenters. The Hall–Kier alpha value is -2.74. The molecule has 27 heavy (non-hydrogen) atoms. The van der Waals surface area contributed by atoms with E-state index in [1.807, 2.05) is 23.6 Å². The molecule has 0 radical (unpaired) electrons. The minimum Gasteiger partial charge on any atom is -0.323 e. The number of aromatic nitrogens is 3. The number of imidazole rings is 1. The first-order valence-electron chi connectivity index (χ1n) is 8.25. The highest BCUT2D eigenvalue weighted by Gasteiger charge is 2.34. The molecule has 0 aliphatic rings. The minimum atomic E-state index is -4.76. The van der Waals surface area contributed by atoms with Crippen LogP contribution in [0.15, 0.2) is 48.9 Å². The number of benzene rings is 1. The van der Waals surface area contributed by atoms with E-state index in [2.05, 4.69) is 9.97 Å². The third kappa shape index (κ3) is 4.16. The van der Waals surface area contributed by atoms with Crippen LogP contribution < -0.4 is 0 Å². The van der Waals surface area contributed by atoms with Crippen LogP contribution in [0.2, 0.25) is 0 Å². The summed E-state index contributed by atoms with van der Waals surface area (Å²) in [5.74, 6) is -0.674. The second-order valence-corrected chi connectivity index (χ2v) is 6.35. The van der Waals surface area contributed by atoms with Crippen molar-refractivity contribution in [2.45, 2.75) is 12.7 Å². The van der Waals surface area contributed by atoms with Crippen molar-refractivity contribution >= 4 is 0 Å². The van der Waals surface area contributed by atoms with Gasteiger partial charge >= 0.3 is 6.18 Å². The Balaban J connectivity index is 2.12. The highest BCUT2D eigenvalue weighted by Crippen LogP contribution is 2.35. The fourth-order valence-electron chi connectivity index (χ4n) is 2.77. The molecule has 0 atom stereocenters. The van der Waals surface area contributed by atoms with E-state index in [0.29, 0.717) is 24.6 Å². The molecule has 142 valence electrons. The van der Waals surface area contributed by atoms with Crippen LogP contribution in [0.25, 0.3) is 22.6 Å². The maximum absolute atomic E-state index is 13.6. The Morgan fingerprint density at radius 1 is 1.04 bits per heavy atom. The average molecular weight is 378 g/mol. The quantitative estimate of drug-likeness (QED) is 0.620. The van der Waals surface area contributed by atoms with Crippen LogP contribution in [0.1, 0.15) is 5.56 Å². The van der Waals surface area contributed by atoms with E-state index in [4.69, 9.17) is 0 Å². The summed E-state index contributed by atoms with van der Waals surface area (Å²) in [5, 5.41) is 0. The third-order valence-corrected chi connectivity index (χ3v) is 4.13. The van der Waals surface area contributed by atoms with Crippen LogP contribution in [0.4, 0.5) is 17.6 Å². The van der Waals surface area contributed by atoms with Crippen molar-refractivity contribution in [1.29, 1.82) is 0 Å². The van der Waals surface area contributed by atoms with Crippen LogP contribution in [-0.4, -0.2) is 40.1 Å². The van der Waals surface area contributed by atoms with Crippen molar-refractivity contribution in [3.05, 3.63) is 60.3 Å². The molecule has 0 fully saturated rings. The Morgan fingerprint density at radius 2 is 1.74 bits per heavy atom. The van der Waals surface area contributed by atoms with Crippen LogP contribution in [0.5, 0.6) is 0 Å². The highest BCUT2D eigenvalue weighted by atomic mass is 19.4. The van der Waals surface area contributed by atoms with Crippen LogP contribution in [0.3, 0.4) is 0 Å². The van der Waals surface area contributed by atoms with E-state index in [0.717, 1.165) is 17.7 Å². The Kier molecular flexibility index (Phi) is 5.27. The summed E-state index contributed by atoms with van der Waals surface area (Å²) in [6.07, 6.45) is 0.000568. The maximum atomic E-state index is 13.6. The molecule has 0 aliphatic carbocycles. The lowest BCUT2D eigenvalue weighted by Crippen LogP contribution is -2.19. The Bertz CT molecular complexity index is 917. The molecule has 3 rings (SSSR count). The van der Waals surface area contributed by atoms with Crippen molar-refractivity contribution in [1.82, 2.24) is 19.4 Å². The van der Waals surface area contributed by atoms with Gasteiger partial charge in [-0.25, -0.2) is 9.37 Å². The Morgan fingerprint density at radius 3 is 2.37 bits per heavy atom. The zero-order chi connectivity index (χ0) is 19.6. The molecule has 0 bridgehead atoms. The van der Waals surface area contributed by atoms with Gasteiger partial charge in [-0.1, -0.05) is 0 Å². The molecule has 3 aromatic rings. The Labute approximate surface area is 154 Å². The zero-order valence-corrected chi connectivity index (χ0v) is 14.8. The number of pyridine rings is 1. The normalized spacial score (nSPS) is 12.0. The summed E-state index contributed by atoms with van der Waals surface area (Å²) in [6.45, 7) is 1.17. The SMILES string of the molecule is CN(C)CCn1c(-c2ccc(F)c(C(F)(F)F)c2)cnc1-c1ccncc1. The fourth-order valence-corrected chi connectivity index (χ4v) is 2.77. The first-order valence-corrected chi connectivity index (χ1v) is 8.25. The number of likely N-dealkylation sites (N-methyl/N-ethyl adjacent to an activating group) is 1. The van der Waals surface area contributed by atoms with Crippen molar-refractivity contribution in [3.8, 4) is 22.6 Å². The van der Waals surface area contributed by atoms with E-state index >= 15 is 0 Å². The predicted octanol–water partition coefficient (Wildman–Crippen LogP) is 4.33. The highest BCUT2D eigenvalue weighted by molar-refractivity contribution is 5.66. The minimum absolute atomic E-state index is 0.260. The molecule has 0 saturated heterocycles. The lowest BCUT2D eigenvalue weighted by atomic mass is 10.1. The largest absolute Gasteiger partial charge is 0.419 e. The van der Waals surface area contributed by atoms with Gasteiger partial charge in [-0.15, -0.1) is 0 Å². The molecule has 0 saturated carbocycles. The number of hydrogen-bond donors (Lipinski definition) is 0. The predicted molar refractivity (Wildman–Crippen MR) is 94.4 cm³/mol. The van der Waals surface area contributed by atoms with Gasteiger partial charge in [0, 0.05) is 36.6 Å². The van der Waals surface area contributed by atoms with Crippen LogP contribution in [0, 0.1) is 5.82 Å². The monoisotopic (exact) mass is 378 g/mol. The van der Waals surface area contributed by atoms with Gasteiger partial charge in [-0.05, 0) is 44.4 Å². The van der Waals surface area contributed by atoms with Gasteiger partial charge in [0.05, 0.1) is 17.5 Å². The summed E-state index contributed by atoms with van der Waals surface area (Å²) in [4.78, 5) is 10.3. The second-order valence-electron chi connectivity index (χ2n) is 6.35. The molecule has 1 aromatic carbocycles. The van der Waals surface area contributed by atoms with Crippen molar-refractivity contribution in [2.24, 2.45) is 0 Å². The number of halogens is 4. The molecular weight excluding hydrogens is 360 g/mol. The standard InChI is InChI=1S/C19H18F4N4/c1-26(2)9-10-27-17(12-25-18(27)13-5-7-24-8-6-13)14-3-4-16(20)15(11-14)19(21,22)23/h3-8,11-12H,9-10H2,1-2H3. The van der Waals surface area contributed by atoms with Crippen molar-refractivity contribution < 1.29 is 17.6 Å². The molecule has 0 spiro atoms. The van der Waals surface area contributed by atoms with Crippen LogP contribution in [-0.2, 0) is 12.7 Å². The van der Waals surface area contributed by atoms with Crippen molar-refractivity contribution in [3.63, 3.8) is 0 Å². The van der Waals surface area contributed by atoms with Gasteiger partial charge in [0.15, 0.2) is 0 Å². The van der Waals surface area contributed by atoms with Gasteiger partial charge in [0.1, 0.15) is 11.6 Å². The van der Waals surface area contributed by atoms with E-state index in [1.54, 1.807) is 24.5 Å². The maximum Gasteiger partial charge on any atom is 0.419 e. The molecule has 0 amide bonds. The van der Waals surface area contributed by atoms with E-state index < -0.39 is 17.6 Å². The smallest absolute Gasteiger partial charge is 0.323 e. The second kappa shape index (κ2) is 7.48. The number of rotatable bonds is 5. The van der Waals surface area contributed by atoms with E-state index in [9.17, 15) is 17.6 Å². The van der Waals surface area contributed by atoms with Gasteiger partial charge in [0.2, 0.25) is 0 Å². The van der Waals surface area contributed by atoms with Crippen molar-refractivity contribution in [2.75, 3.05) is 20.6 Å². The first kappa shape index (κ1) is 19.0. The van der Waals surface area contributed by atoms with Gasteiger partial charge in [-0.3, -0.25) is 4.98 Å². The van der Waals surface area contributed by atoms with Crippen LogP contribution >= 0.6 is 0 Å². The molecule has 2 heterocycles. The topological polar surface area (TPSA) is 34.0 Å². The summed E-state index contributed by atoms with van der Waals surface area (Å²) >= 11 is 0. The first-order chi connectivity index (χ1) is 12.8. The van der Waals surface area contributed by atoms with E-state index in [-0.39, 0.29) is 5.56 Å². The summed E-state index contributed by atoms with van der Waals surface area (Å²) in [5.41, 5.74) is 0.267. The van der Waals surface area contributed by atoms with Gasteiger partial charge in [-0.2, -0.15) is 13.2 Å². The lowest BCUT2D eigenvalue weighted by Gasteiger charge is -2.16. The number of nitrogens with zero attached hydrogens (tertiary/aromatic N) is 4. The molecule has 4 nitrogen and oxygen atoms in total. The fraction of sp³-hybridized carbons (Fsp3) is 0.263. The van der Waals surface area contributed by atoms with E-state index in [1.165, 1.54) is 12.3 Å². The zero-order valence-electron chi connectivity index (χ0n) is 14.8. The lowest BCUT2D eigenvalue weighted by molar-refractivity contribution is -0.139. The molecule has 0 N–H and O–H groups in total. The summed E-state index contributed by atoms with van der Waals surface area (Å²) < 4.78 is 54.8. The molecule has 8 heteroatoms. The summed E-state index contributed by atoms with van der Waals surface area (Å²) in [7, 11) is 3.81. The number of hydrogen-bond acceptors (Lipinski definition) is 3. The molecule has 2 aromatic heterocycles. The molecular formula is C19H18F4N4. The molecule has 0 aliphatic heterocycles. The van der Waals surface area contributed by atoms with Gasteiger partial charge < -0.3 is 9.47 Å². The van der Waals surface area contributed by atoms with Gasteiger partial charge in [0.25, 0.3) is 0 Å².